The normalized spacial score (nSPS) is 12.1. The Balaban J connectivity index is 1.65. The Morgan fingerprint density at radius 1 is 1.33 bits per heavy atom. The van der Waals surface area contributed by atoms with Gasteiger partial charge in [-0.3, -0.25) is 14.2 Å². The molecule has 0 fully saturated rings. The van der Waals surface area contributed by atoms with Crippen molar-refractivity contribution < 1.29 is 9.18 Å². The summed E-state index contributed by atoms with van der Waals surface area (Å²) in [5.41, 5.74) is 1.96. The molecule has 0 radical (unpaired) electrons. The number of anilines is 1. The van der Waals surface area contributed by atoms with Gasteiger partial charge in [0.2, 0.25) is 5.91 Å². The zero-order chi connectivity index (χ0) is 17.1. The minimum Gasteiger partial charge on any atom is -0.322 e. The summed E-state index contributed by atoms with van der Waals surface area (Å²) in [6, 6.07) is 7.95. The van der Waals surface area contributed by atoms with E-state index in [0.717, 1.165) is 5.69 Å². The van der Waals surface area contributed by atoms with Crippen molar-refractivity contribution in [1.29, 1.82) is 0 Å². The third kappa shape index (κ3) is 3.51. The number of hydrogen-bond acceptors (Lipinski definition) is 3. The smallest absolute Gasteiger partial charge is 0.249 e. The number of halogens is 1. The summed E-state index contributed by atoms with van der Waals surface area (Å²) in [4.78, 5) is 12.3. The van der Waals surface area contributed by atoms with Gasteiger partial charge in [0.25, 0.3) is 0 Å². The molecule has 0 saturated carbocycles. The number of nitrogens with zero attached hydrogens (tertiary/aromatic N) is 4. The molecule has 0 aliphatic carbocycles. The lowest BCUT2D eigenvalue weighted by molar-refractivity contribution is -0.119. The maximum Gasteiger partial charge on any atom is 0.249 e. The highest BCUT2D eigenvalue weighted by molar-refractivity contribution is 5.93. The van der Waals surface area contributed by atoms with Gasteiger partial charge in [0.1, 0.15) is 11.9 Å². The standard InChI is InChI=1S/C17H18FN5O/c1-12-7-8-23(21-12)13(2)17(24)20-15-9-19-22(11-15)10-14-5-3-4-6-16(14)18/h3-9,11,13H,10H2,1-2H3,(H,20,24). The van der Waals surface area contributed by atoms with Crippen LogP contribution in [-0.4, -0.2) is 25.5 Å². The second-order valence-electron chi connectivity index (χ2n) is 5.62. The predicted molar refractivity (Wildman–Crippen MR) is 88.0 cm³/mol. The van der Waals surface area contributed by atoms with Crippen LogP contribution >= 0.6 is 0 Å². The molecule has 0 bridgehead atoms. The topological polar surface area (TPSA) is 64.7 Å². The van der Waals surface area contributed by atoms with Gasteiger partial charge in [-0.25, -0.2) is 4.39 Å². The molecule has 0 spiro atoms. The first-order valence-corrected chi connectivity index (χ1v) is 7.61. The third-order valence-corrected chi connectivity index (χ3v) is 3.71. The molecule has 3 aromatic rings. The minimum atomic E-state index is -0.436. The van der Waals surface area contributed by atoms with Crippen molar-refractivity contribution in [1.82, 2.24) is 19.6 Å². The van der Waals surface area contributed by atoms with Crippen molar-refractivity contribution in [2.75, 3.05) is 5.32 Å². The van der Waals surface area contributed by atoms with Gasteiger partial charge in [-0.1, -0.05) is 18.2 Å². The molecule has 3 rings (SSSR count). The van der Waals surface area contributed by atoms with Crippen LogP contribution in [0.4, 0.5) is 10.1 Å². The van der Waals surface area contributed by atoms with Crippen LogP contribution in [0.3, 0.4) is 0 Å². The van der Waals surface area contributed by atoms with Gasteiger partial charge in [0.15, 0.2) is 0 Å². The van der Waals surface area contributed by atoms with E-state index in [1.807, 2.05) is 13.0 Å². The average Bonchev–Trinajstić information content (AvgIpc) is 3.18. The maximum absolute atomic E-state index is 13.7. The first-order chi connectivity index (χ1) is 11.5. The predicted octanol–water partition coefficient (Wildman–Crippen LogP) is 2.78. The molecule has 1 amide bonds. The lowest BCUT2D eigenvalue weighted by Gasteiger charge is -2.11. The molecular formula is C17H18FN5O. The lowest BCUT2D eigenvalue weighted by atomic mass is 10.2. The molecule has 124 valence electrons. The van der Waals surface area contributed by atoms with E-state index in [1.54, 1.807) is 53.1 Å². The van der Waals surface area contributed by atoms with Crippen LogP contribution in [0.1, 0.15) is 24.2 Å². The van der Waals surface area contributed by atoms with E-state index in [4.69, 9.17) is 0 Å². The fraction of sp³-hybridized carbons (Fsp3) is 0.235. The number of carbonyl (C=O) groups excluding carboxylic acids is 1. The molecule has 1 atom stereocenters. The summed E-state index contributed by atoms with van der Waals surface area (Å²) < 4.78 is 16.9. The molecule has 0 aliphatic rings. The highest BCUT2D eigenvalue weighted by Gasteiger charge is 2.16. The second-order valence-corrected chi connectivity index (χ2v) is 5.62. The summed E-state index contributed by atoms with van der Waals surface area (Å²) in [6.45, 7) is 3.94. The zero-order valence-corrected chi connectivity index (χ0v) is 13.5. The average molecular weight is 327 g/mol. The van der Waals surface area contributed by atoms with Crippen molar-refractivity contribution in [3.05, 3.63) is 66.0 Å². The van der Waals surface area contributed by atoms with Gasteiger partial charge in [0, 0.05) is 18.0 Å². The van der Waals surface area contributed by atoms with Crippen LogP contribution in [0.25, 0.3) is 0 Å². The monoisotopic (exact) mass is 327 g/mol. The molecule has 0 saturated heterocycles. The van der Waals surface area contributed by atoms with E-state index in [0.29, 0.717) is 17.8 Å². The fourth-order valence-corrected chi connectivity index (χ4v) is 2.33. The molecule has 1 aromatic carbocycles. The number of benzene rings is 1. The number of aryl methyl sites for hydroxylation is 1. The van der Waals surface area contributed by atoms with Gasteiger partial charge < -0.3 is 5.32 Å². The van der Waals surface area contributed by atoms with Crippen LogP contribution in [0.2, 0.25) is 0 Å². The van der Waals surface area contributed by atoms with Crippen molar-refractivity contribution in [3.63, 3.8) is 0 Å². The highest BCUT2D eigenvalue weighted by atomic mass is 19.1. The van der Waals surface area contributed by atoms with Crippen LogP contribution in [0, 0.1) is 12.7 Å². The van der Waals surface area contributed by atoms with E-state index in [9.17, 15) is 9.18 Å². The fourth-order valence-electron chi connectivity index (χ4n) is 2.33. The Labute approximate surface area is 138 Å². The van der Waals surface area contributed by atoms with Gasteiger partial charge in [0.05, 0.1) is 24.1 Å². The van der Waals surface area contributed by atoms with Crippen molar-refractivity contribution >= 4 is 11.6 Å². The van der Waals surface area contributed by atoms with E-state index in [-0.39, 0.29) is 11.7 Å². The Bertz CT molecular complexity index is 854. The van der Waals surface area contributed by atoms with Crippen LogP contribution in [0.5, 0.6) is 0 Å². The molecule has 24 heavy (non-hydrogen) atoms. The van der Waals surface area contributed by atoms with Gasteiger partial charge >= 0.3 is 0 Å². The lowest BCUT2D eigenvalue weighted by Crippen LogP contribution is -2.23. The van der Waals surface area contributed by atoms with E-state index in [2.05, 4.69) is 15.5 Å². The molecule has 1 N–H and O–H groups in total. The molecule has 0 aliphatic heterocycles. The number of nitrogens with one attached hydrogen (secondary N) is 1. The summed E-state index contributed by atoms with van der Waals surface area (Å²) >= 11 is 0. The summed E-state index contributed by atoms with van der Waals surface area (Å²) in [5, 5.41) is 11.2. The molecule has 2 aromatic heterocycles. The Hall–Kier alpha value is -2.96. The van der Waals surface area contributed by atoms with Crippen molar-refractivity contribution in [2.24, 2.45) is 0 Å². The van der Waals surface area contributed by atoms with E-state index >= 15 is 0 Å². The van der Waals surface area contributed by atoms with E-state index in [1.165, 1.54) is 6.07 Å². The van der Waals surface area contributed by atoms with Crippen molar-refractivity contribution in [2.45, 2.75) is 26.4 Å². The number of hydrogen-bond donors (Lipinski definition) is 1. The quantitative estimate of drug-likeness (QED) is 0.784. The van der Waals surface area contributed by atoms with Crippen LogP contribution in [0.15, 0.2) is 48.9 Å². The van der Waals surface area contributed by atoms with Gasteiger partial charge in [-0.2, -0.15) is 10.2 Å². The van der Waals surface area contributed by atoms with Gasteiger partial charge in [-0.15, -0.1) is 0 Å². The Kier molecular flexibility index (Phi) is 4.41. The molecule has 6 nitrogen and oxygen atoms in total. The molecule has 2 heterocycles. The second kappa shape index (κ2) is 6.66. The van der Waals surface area contributed by atoms with Crippen LogP contribution < -0.4 is 5.32 Å². The molecular weight excluding hydrogens is 309 g/mol. The summed E-state index contributed by atoms with van der Waals surface area (Å²) in [6.07, 6.45) is 4.98. The highest BCUT2D eigenvalue weighted by Crippen LogP contribution is 2.13. The zero-order valence-electron chi connectivity index (χ0n) is 13.5. The summed E-state index contributed by atoms with van der Waals surface area (Å²) in [7, 11) is 0. The molecule has 7 heteroatoms. The summed E-state index contributed by atoms with van der Waals surface area (Å²) in [5.74, 6) is -0.468. The van der Waals surface area contributed by atoms with Crippen LogP contribution in [-0.2, 0) is 11.3 Å². The number of aromatic nitrogens is 4. The Morgan fingerprint density at radius 3 is 2.83 bits per heavy atom. The third-order valence-electron chi connectivity index (χ3n) is 3.71. The largest absolute Gasteiger partial charge is 0.322 e. The number of rotatable bonds is 5. The first-order valence-electron chi connectivity index (χ1n) is 7.61. The number of amides is 1. The SMILES string of the molecule is Cc1ccn(C(C)C(=O)Nc2cnn(Cc3ccccc3F)c2)n1. The van der Waals surface area contributed by atoms with E-state index < -0.39 is 6.04 Å². The number of carbonyl (C=O) groups is 1. The first kappa shape index (κ1) is 15.9. The molecule has 1 unspecified atom stereocenters. The Morgan fingerprint density at radius 2 is 2.12 bits per heavy atom. The minimum absolute atomic E-state index is 0.191. The van der Waals surface area contributed by atoms with Crippen molar-refractivity contribution in [3.8, 4) is 0 Å². The maximum atomic E-state index is 13.7. The van der Waals surface area contributed by atoms with Gasteiger partial charge in [-0.05, 0) is 26.0 Å².